The van der Waals surface area contributed by atoms with E-state index in [9.17, 15) is 4.79 Å². The minimum Gasteiger partial charge on any atom is -0.462 e. The Morgan fingerprint density at radius 2 is 1.67 bits per heavy atom. The Kier molecular flexibility index (Phi) is 8.73. The molecule has 0 unspecified atom stereocenters. The molecule has 0 fully saturated rings. The second kappa shape index (κ2) is 9.15. The smallest absolute Gasteiger partial charge is 0.333 e. The topological polar surface area (TPSA) is 26.3 Å². The maximum absolute atomic E-state index is 11.3. The van der Waals surface area contributed by atoms with Gasteiger partial charge in [0.05, 0.1) is 32.8 Å². The molecule has 0 bridgehead atoms. The van der Waals surface area contributed by atoms with Gasteiger partial charge >= 0.3 is 5.97 Å². The van der Waals surface area contributed by atoms with Crippen molar-refractivity contribution in [3.8, 4) is 0 Å². The summed E-state index contributed by atoms with van der Waals surface area (Å²) >= 11 is 0. The molecule has 0 aliphatic heterocycles. The number of quaternary nitrogens is 1. The van der Waals surface area contributed by atoms with Crippen molar-refractivity contribution in [2.75, 3.05) is 32.8 Å². The fourth-order valence-electron chi connectivity index (χ4n) is 2.45. The first kappa shape index (κ1) is 17.2. The number of rotatable bonds is 10. The molecule has 0 amide bonds. The van der Waals surface area contributed by atoms with Crippen LogP contribution in [-0.2, 0) is 9.53 Å². The normalized spacial score (nSPS) is 11.3. The molecule has 3 nitrogen and oxygen atoms in total. The summed E-state index contributed by atoms with van der Waals surface area (Å²) in [6.07, 6.45) is 3.35. The van der Waals surface area contributed by atoms with Crippen molar-refractivity contribution in [3.63, 3.8) is 0 Å². The van der Waals surface area contributed by atoms with E-state index in [0.717, 1.165) is 24.0 Å². The van der Waals surface area contributed by atoms with Crippen LogP contribution in [0.25, 0.3) is 0 Å². The first-order valence-electron chi connectivity index (χ1n) is 7.19. The van der Waals surface area contributed by atoms with Crippen molar-refractivity contribution >= 4 is 5.97 Å². The highest BCUT2D eigenvalue weighted by Gasteiger charge is 2.22. The van der Waals surface area contributed by atoms with Crippen LogP contribution in [0.1, 0.15) is 47.0 Å². The number of hydrogen-bond acceptors (Lipinski definition) is 2. The number of ether oxygens (including phenoxy) is 1. The number of hydrogen-bond donors (Lipinski definition) is 0. The van der Waals surface area contributed by atoms with Gasteiger partial charge in [0, 0.05) is 12.0 Å². The molecule has 0 spiro atoms. The molecule has 0 saturated carbocycles. The summed E-state index contributed by atoms with van der Waals surface area (Å²) in [5.74, 6) is -0.268. The SMILES string of the molecule is C=C(C)C(=O)OCCC[N+](CC)(CCC)CCC. The summed E-state index contributed by atoms with van der Waals surface area (Å²) in [5.41, 5.74) is 0.480. The Morgan fingerprint density at radius 1 is 1.11 bits per heavy atom. The summed E-state index contributed by atoms with van der Waals surface area (Å²) in [6.45, 7) is 17.2. The van der Waals surface area contributed by atoms with Crippen LogP contribution in [0.4, 0.5) is 0 Å². The van der Waals surface area contributed by atoms with Gasteiger partial charge in [-0.15, -0.1) is 0 Å². The van der Waals surface area contributed by atoms with Crippen molar-refractivity contribution in [2.45, 2.75) is 47.0 Å². The molecule has 0 aromatic heterocycles. The van der Waals surface area contributed by atoms with Gasteiger partial charge in [-0.1, -0.05) is 20.4 Å². The molecule has 0 aliphatic rings. The Morgan fingerprint density at radius 3 is 2.06 bits per heavy atom. The Balaban J connectivity index is 4.10. The predicted octanol–water partition coefficient (Wildman–Crippen LogP) is 3.15. The maximum atomic E-state index is 11.3. The number of carbonyl (C=O) groups excluding carboxylic acids is 1. The largest absolute Gasteiger partial charge is 0.462 e. The summed E-state index contributed by atoms with van der Waals surface area (Å²) in [6, 6.07) is 0. The number of esters is 1. The summed E-state index contributed by atoms with van der Waals surface area (Å²) in [7, 11) is 0. The Labute approximate surface area is 112 Å². The molecular weight excluding hydrogens is 226 g/mol. The van der Waals surface area contributed by atoms with Crippen LogP contribution < -0.4 is 0 Å². The van der Waals surface area contributed by atoms with Gasteiger partial charge in [0.15, 0.2) is 0 Å². The number of nitrogens with zero attached hydrogens (tertiary/aromatic N) is 1. The zero-order valence-electron chi connectivity index (χ0n) is 12.6. The van der Waals surface area contributed by atoms with Crippen molar-refractivity contribution in [1.29, 1.82) is 0 Å². The molecular formula is C15H30NO2+. The third-order valence-electron chi connectivity index (χ3n) is 3.43. The number of carbonyl (C=O) groups is 1. The van der Waals surface area contributed by atoms with E-state index in [-0.39, 0.29) is 5.97 Å². The monoisotopic (exact) mass is 256 g/mol. The molecule has 0 rings (SSSR count). The second-order valence-corrected chi connectivity index (χ2v) is 5.10. The minimum absolute atomic E-state index is 0.268. The third-order valence-corrected chi connectivity index (χ3v) is 3.43. The highest BCUT2D eigenvalue weighted by molar-refractivity contribution is 5.86. The molecule has 0 atom stereocenters. The lowest BCUT2D eigenvalue weighted by atomic mass is 10.2. The molecule has 0 heterocycles. The zero-order chi connectivity index (χ0) is 14.0. The predicted molar refractivity (Wildman–Crippen MR) is 76.4 cm³/mol. The van der Waals surface area contributed by atoms with Gasteiger partial charge in [0.25, 0.3) is 0 Å². The fraction of sp³-hybridized carbons (Fsp3) is 0.800. The molecule has 3 heteroatoms. The van der Waals surface area contributed by atoms with Crippen LogP contribution in [0.2, 0.25) is 0 Å². The zero-order valence-corrected chi connectivity index (χ0v) is 12.6. The fourth-order valence-corrected chi connectivity index (χ4v) is 2.45. The van der Waals surface area contributed by atoms with E-state index in [1.807, 2.05) is 0 Å². The van der Waals surface area contributed by atoms with Crippen molar-refractivity contribution in [3.05, 3.63) is 12.2 Å². The molecule has 0 saturated heterocycles. The van der Waals surface area contributed by atoms with Crippen LogP contribution in [-0.4, -0.2) is 43.2 Å². The summed E-state index contributed by atoms with van der Waals surface area (Å²) in [4.78, 5) is 11.3. The average molecular weight is 256 g/mol. The van der Waals surface area contributed by atoms with Crippen molar-refractivity contribution in [2.24, 2.45) is 0 Å². The molecule has 106 valence electrons. The van der Waals surface area contributed by atoms with E-state index in [1.165, 1.54) is 25.9 Å². The van der Waals surface area contributed by atoms with Gasteiger partial charge < -0.3 is 9.22 Å². The maximum Gasteiger partial charge on any atom is 0.333 e. The average Bonchev–Trinajstić information content (AvgIpc) is 2.34. The Bertz CT molecular complexity index is 255. The molecule has 0 aromatic rings. The van der Waals surface area contributed by atoms with Crippen molar-refractivity contribution in [1.82, 2.24) is 0 Å². The van der Waals surface area contributed by atoms with Crippen molar-refractivity contribution < 1.29 is 14.0 Å². The lowest BCUT2D eigenvalue weighted by Crippen LogP contribution is -2.49. The van der Waals surface area contributed by atoms with Crippen LogP contribution in [0.5, 0.6) is 0 Å². The second-order valence-electron chi connectivity index (χ2n) is 5.10. The lowest BCUT2D eigenvalue weighted by Gasteiger charge is -2.37. The van der Waals surface area contributed by atoms with Gasteiger partial charge in [-0.05, 0) is 26.7 Å². The van der Waals surface area contributed by atoms with Crippen LogP contribution >= 0.6 is 0 Å². The van der Waals surface area contributed by atoms with E-state index in [0.29, 0.717) is 12.2 Å². The van der Waals surface area contributed by atoms with Gasteiger partial charge in [0.1, 0.15) is 0 Å². The Hall–Kier alpha value is -0.830. The standard InChI is InChI=1S/C15H30NO2/c1-6-10-16(8-3,11-7-2)12-9-13-18-15(17)14(4)5/h4,6-13H2,1-3,5H3/q+1. The van der Waals surface area contributed by atoms with Gasteiger partial charge in [0.2, 0.25) is 0 Å². The highest BCUT2D eigenvalue weighted by atomic mass is 16.5. The highest BCUT2D eigenvalue weighted by Crippen LogP contribution is 2.11. The van der Waals surface area contributed by atoms with Gasteiger partial charge in [-0.2, -0.15) is 0 Å². The van der Waals surface area contributed by atoms with E-state index in [1.54, 1.807) is 6.92 Å². The molecule has 0 N–H and O–H groups in total. The van der Waals surface area contributed by atoms with Crippen LogP contribution in [0, 0.1) is 0 Å². The first-order valence-corrected chi connectivity index (χ1v) is 7.19. The van der Waals surface area contributed by atoms with Gasteiger partial charge in [-0.25, -0.2) is 4.79 Å². The summed E-state index contributed by atoms with van der Waals surface area (Å²) in [5, 5.41) is 0. The first-order chi connectivity index (χ1) is 8.51. The van der Waals surface area contributed by atoms with Gasteiger partial charge in [-0.3, -0.25) is 0 Å². The quantitative estimate of drug-likeness (QED) is 0.260. The van der Waals surface area contributed by atoms with E-state index in [4.69, 9.17) is 4.74 Å². The third kappa shape index (κ3) is 6.20. The molecule has 0 aromatic carbocycles. The summed E-state index contributed by atoms with van der Waals surface area (Å²) < 4.78 is 6.30. The van der Waals surface area contributed by atoms with E-state index >= 15 is 0 Å². The van der Waals surface area contributed by atoms with Crippen LogP contribution in [0.3, 0.4) is 0 Å². The molecule has 18 heavy (non-hydrogen) atoms. The van der Waals surface area contributed by atoms with Crippen LogP contribution in [0.15, 0.2) is 12.2 Å². The molecule has 0 radical (unpaired) electrons. The van der Waals surface area contributed by atoms with E-state index < -0.39 is 0 Å². The lowest BCUT2D eigenvalue weighted by molar-refractivity contribution is -0.926. The van der Waals surface area contributed by atoms with E-state index in [2.05, 4.69) is 27.4 Å². The minimum atomic E-state index is -0.268. The molecule has 0 aliphatic carbocycles.